The molecule has 0 fully saturated rings. The number of anilines is 1. The fourth-order valence-corrected chi connectivity index (χ4v) is 2.85. The normalized spacial score (nSPS) is 12.6. The summed E-state index contributed by atoms with van der Waals surface area (Å²) >= 11 is 0. The van der Waals surface area contributed by atoms with Gasteiger partial charge in [0.25, 0.3) is 5.69 Å². The lowest BCUT2D eigenvalue weighted by Gasteiger charge is -2.17. The third-order valence-corrected chi connectivity index (χ3v) is 4.12. The molecule has 1 aliphatic rings. The van der Waals surface area contributed by atoms with Crippen molar-refractivity contribution in [3.05, 3.63) is 69.8 Å². The number of carbonyl (C=O) groups is 2. The second-order valence-electron chi connectivity index (χ2n) is 5.80. The first-order chi connectivity index (χ1) is 12.0. The second-order valence-corrected chi connectivity index (χ2v) is 5.80. The molecule has 0 bridgehead atoms. The Morgan fingerprint density at radius 1 is 1.16 bits per heavy atom. The van der Waals surface area contributed by atoms with Crippen molar-refractivity contribution in [2.75, 3.05) is 18.0 Å². The lowest BCUT2D eigenvalue weighted by Crippen LogP contribution is -2.39. The highest BCUT2D eigenvalue weighted by Gasteiger charge is 2.26. The zero-order chi connectivity index (χ0) is 17.8. The number of amides is 2. The number of nitro groups is 1. The van der Waals surface area contributed by atoms with Crippen LogP contribution in [0.15, 0.2) is 48.5 Å². The summed E-state index contributed by atoms with van der Waals surface area (Å²) in [5.74, 6) is -0.515. The third-order valence-electron chi connectivity index (χ3n) is 4.12. The van der Waals surface area contributed by atoms with Gasteiger partial charge in [-0.3, -0.25) is 19.7 Å². The number of benzene rings is 2. The Bertz CT molecular complexity index is 820. The van der Waals surface area contributed by atoms with E-state index in [4.69, 9.17) is 0 Å². The SMILES string of the molecule is O=C(Cc1ccccc1)NCC(=O)N1CCc2ccc([N+](=O)[O-])cc21. The summed E-state index contributed by atoms with van der Waals surface area (Å²) in [6.45, 7) is 0.331. The Labute approximate surface area is 144 Å². The summed E-state index contributed by atoms with van der Waals surface area (Å²) in [7, 11) is 0. The number of carbonyl (C=O) groups excluding carboxylic acids is 2. The number of hydrogen-bond acceptors (Lipinski definition) is 4. The van der Waals surface area contributed by atoms with E-state index in [1.54, 1.807) is 6.07 Å². The van der Waals surface area contributed by atoms with E-state index in [1.807, 2.05) is 30.3 Å². The quantitative estimate of drug-likeness (QED) is 0.664. The van der Waals surface area contributed by atoms with Crippen LogP contribution in [-0.2, 0) is 22.4 Å². The van der Waals surface area contributed by atoms with E-state index in [0.29, 0.717) is 18.7 Å². The number of hydrogen-bond donors (Lipinski definition) is 1. The van der Waals surface area contributed by atoms with Crippen molar-refractivity contribution in [3.63, 3.8) is 0 Å². The maximum absolute atomic E-state index is 12.4. The van der Waals surface area contributed by atoms with E-state index in [1.165, 1.54) is 17.0 Å². The van der Waals surface area contributed by atoms with Crippen molar-refractivity contribution in [2.45, 2.75) is 12.8 Å². The minimum atomic E-state index is -0.483. The molecule has 0 atom stereocenters. The summed E-state index contributed by atoms with van der Waals surface area (Å²) in [5, 5.41) is 13.5. The van der Waals surface area contributed by atoms with Crippen LogP contribution in [0.3, 0.4) is 0 Å². The highest BCUT2D eigenvalue weighted by Crippen LogP contribution is 2.31. The fraction of sp³-hybridized carbons (Fsp3) is 0.222. The van der Waals surface area contributed by atoms with Gasteiger partial charge in [-0.2, -0.15) is 0 Å². The third kappa shape index (κ3) is 3.82. The van der Waals surface area contributed by atoms with Gasteiger partial charge in [-0.25, -0.2) is 0 Å². The zero-order valence-electron chi connectivity index (χ0n) is 13.5. The van der Waals surface area contributed by atoms with Crippen molar-refractivity contribution in [3.8, 4) is 0 Å². The van der Waals surface area contributed by atoms with Crippen LogP contribution in [0.2, 0.25) is 0 Å². The summed E-state index contributed by atoms with van der Waals surface area (Å²) in [4.78, 5) is 36.3. The highest BCUT2D eigenvalue weighted by molar-refractivity contribution is 5.98. The van der Waals surface area contributed by atoms with E-state index < -0.39 is 4.92 Å². The van der Waals surface area contributed by atoms with Gasteiger partial charge in [0.15, 0.2) is 0 Å². The molecule has 2 aromatic carbocycles. The van der Waals surface area contributed by atoms with Crippen LogP contribution in [0.5, 0.6) is 0 Å². The lowest BCUT2D eigenvalue weighted by atomic mass is 10.1. The monoisotopic (exact) mass is 339 g/mol. The van der Waals surface area contributed by atoms with Crippen molar-refractivity contribution in [1.82, 2.24) is 5.32 Å². The molecular weight excluding hydrogens is 322 g/mol. The van der Waals surface area contributed by atoms with E-state index in [2.05, 4.69) is 5.32 Å². The van der Waals surface area contributed by atoms with Crippen LogP contribution in [0.25, 0.3) is 0 Å². The summed E-state index contributed by atoms with van der Waals surface area (Å²) in [6, 6.07) is 13.8. The summed E-state index contributed by atoms with van der Waals surface area (Å²) < 4.78 is 0. The van der Waals surface area contributed by atoms with E-state index >= 15 is 0 Å². The molecule has 0 aromatic heterocycles. The van der Waals surface area contributed by atoms with Gasteiger partial charge in [0.1, 0.15) is 0 Å². The fourth-order valence-electron chi connectivity index (χ4n) is 2.85. The molecule has 3 rings (SSSR count). The highest BCUT2D eigenvalue weighted by atomic mass is 16.6. The molecule has 128 valence electrons. The van der Waals surface area contributed by atoms with Gasteiger partial charge in [-0.1, -0.05) is 36.4 Å². The summed E-state index contributed by atoms with van der Waals surface area (Å²) in [6.07, 6.45) is 0.854. The zero-order valence-corrected chi connectivity index (χ0v) is 13.5. The molecule has 0 unspecified atom stereocenters. The minimum absolute atomic E-state index is 0.0495. The molecule has 0 spiro atoms. The first kappa shape index (κ1) is 16.6. The Hall–Kier alpha value is -3.22. The minimum Gasteiger partial charge on any atom is -0.347 e. The Morgan fingerprint density at radius 2 is 1.92 bits per heavy atom. The molecule has 2 amide bonds. The molecule has 0 aliphatic carbocycles. The predicted octanol–water partition coefficient (Wildman–Crippen LogP) is 1.84. The average molecular weight is 339 g/mol. The first-order valence-electron chi connectivity index (χ1n) is 7.93. The molecule has 7 nitrogen and oxygen atoms in total. The molecule has 1 aliphatic heterocycles. The Balaban J connectivity index is 1.61. The Kier molecular flexibility index (Phi) is 4.74. The van der Waals surface area contributed by atoms with Crippen LogP contribution in [0, 0.1) is 10.1 Å². The molecular formula is C18H17N3O4. The number of non-ortho nitro benzene ring substituents is 1. The van der Waals surface area contributed by atoms with E-state index in [-0.39, 0.29) is 30.5 Å². The molecule has 0 radical (unpaired) electrons. The summed E-state index contributed by atoms with van der Waals surface area (Å²) in [5.41, 5.74) is 2.27. The van der Waals surface area contributed by atoms with Crippen molar-refractivity contribution >= 4 is 23.2 Å². The van der Waals surface area contributed by atoms with Crippen molar-refractivity contribution in [1.29, 1.82) is 0 Å². The van der Waals surface area contributed by atoms with Crippen molar-refractivity contribution in [2.24, 2.45) is 0 Å². The molecule has 1 N–H and O–H groups in total. The molecule has 0 saturated heterocycles. The van der Waals surface area contributed by atoms with Crippen LogP contribution in [0.4, 0.5) is 11.4 Å². The standard InChI is InChI=1S/C18H17N3O4/c22-17(10-13-4-2-1-3-5-13)19-12-18(23)20-9-8-14-6-7-15(21(24)25)11-16(14)20/h1-7,11H,8-10,12H2,(H,19,22). The van der Waals surface area contributed by atoms with Gasteiger partial charge in [0.05, 0.1) is 23.6 Å². The van der Waals surface area contributed by atoms with Crippen molar-refractivity contribution < 1.29 is 14.5 Å². The molecule has 0 saturated carbocycles. The van der Waals surface area contributed by atoms with Gasteiger partial charge in [-0.05, 0) is 17.5 Å². The van der Waals surface area contributed by atoms with Gasteiger partial charge in [-0.15, -0.1) is 0 Å². The van der Waals surface area contributed by atoms with E-state index in [0.717, 1.165) is 11.1 Å². The van der Waals surface area contributed by atoms with Crippen LogP contribution in [-0.4, -0.2) is 29.8 Å². The molecule has 1 heterocycles. The predicted molar refractivity (Wildman–Crippen MR) is 92.3 cm³/mol. The van der Waals surface area contributed by atoms with Gasteiger partial charge in [0, 0.05) is 18.7 Å². The molecule has 7 heteroatoms. The van der Waals surface area contributed by atoms with Crippen LogP contribution < -0.4 is 10.2 Å². The molecule has 2 aromatic rings. The van der Waals surface area contributed by atoms with Crippen LogP contribution in [0.1, 0.15) is 11.1 Å². The number of fused-ring (bicyclic) bond motifs is 1. The number of nitrogens with one attached hydrogen (secondary N) is 1. The number of nitro benzene ring substituents is 1. The number of rotatable bonds is 5. The van der Waals surface area contributed by atoms with Gasteiger partial charge in [0.2, 0.25) is 11.8 Å². The van der Waals surface area contributed by atoms with Gasteiger partial charge >= 0.3 is 0 Å². The van der Waals surface area contributed by atoms with Gasteiger partial charge < -0.3 is 10.2 Å². The second kappa shape index (κ2) is 7.12. The topological polar surface area (TPSA) is 92.6 Å². The molecule has 25 heavy (non-hydrogen) atoms. The average Bonchev–Trinajstić information content (AvgIpc) is 3.03. The lowest BCUT2D eigenvalue weighted by molar-refractivity contribution is -0.384. The smallest absolute Gasteiger partial charge is 0.271 e. The Morgan fingerprint density at radius 3 is 2.64 bits per heavy atom. The van der Waals surface area contributed by atoms with Crippen LogP contribution >= 0.6 is 0 Å². The largest absolute Gasteiger partial charge is 0.347 e. The number of nitrogens with zero attached hydrogens (tertiary/aromatic N) is 2. The van der Waals surface area contributed by atoms with E-state index in [9.17, 15) is 19.7 Å². The maximum Gasteiger partial charge on any atom is 0.271 e. The maximum atomic E-state index is 12.4. The first-order valence-corrected chi connectivity index (χ1v) is 7.93.